The van der Waals surface area contributed by atoms with E-state index >= 15 is 4.39 Å². The van der Waals surface area contributed by atoms with Gasteiger partial charge in [0.1, 0.15) is 18.1 Å². The van der Waals surface area contributed by atoms with Crippen LogP contribution in [-0.2, 0) is 0 Å². The predicted molar refractivity (Wildman–Crippen MR) is 121 cm³/mol. The van der Waals surface area contributed by atoms with Crippen molar-refractivity contribution in [3.05, 3.63) is 82.3 Å². The van der Waals surface area contributed by atoms with Gasteiger partial charge in [0.15, 0.2) is 5.65 Å². The minimum Gasteiger partial charge on any atom is -0.385 e. The predicted octanol–water partition coefficient (Wildman–Crippen LogP) is 3.88. The number of carbonyl (C=O) groups excluding carboxylic acids is 1. The van der Waals surface area contributed by atoms with E-state index in [1.807, 2.05) is 0 Å². The Morgan fingerprint density at radius 1 is 1.24 bits per heavy atom. The summed E-state index contributed by atoms with van der Waals surface area (Å²) in [7, 11) is 0. The summed E-state index contributed by atoms with van der Waals surface area (Å²) in [6.45, 7) is 1.08. The first-order valence-corrected chi connectivity index (χ1v) is 10.4. The number of alkyl halides is 1. The zero-order chi connectivity index (χ0) is 23.7. The van der Waals surface area contributed by atoms with E-state index in [0.717, 1.165) is 0 Å². The summed E-state index contributed by atoms with van der Waals surface area (Å²) >= 11 is 5.80. The number of aliphatic hydroxyl groups is 1. The number of amides is 1. The average molecular weight is 472 g/mol. The Morgan fingerprint density at radius 2 is 1.97 bits per heavy atom. The average Bonchev–Trinajstić information content (AvgIpc) is 3.16. The molecule has 2 aromatic heterocycles. The molecule has 0 aliphatic carbocycles. The second-order valence-corrected chi connectivity index (χ2v) is 7.97. The second kappa shape index (κ2) is 9.13. The van der Waals surface area contributed by atoms with Crippen LogP contribution in [0.2, 0.25) is 5.02 Å². The number of aromatic nitrogens is 3. The number of pyridine rings is 1. The van der Waals surface area contributed by atoms with Gasteiger partial charge >= 0.3 is 0 Å². The molecule has 0 saturated heterocycles. The van der Waals surface area contributed by atoms with Crippen molar-refractivity contribution in [2.45, 2.75) is 19.2 Å². The van der Waals surface area contributed by atoms with Crippen molar-refractivity contribution in [3.8, 4) is 11.1 Å². The zero-order valence-corrected chi connectivity index (χ0v) is 18.2. The van der Waals surface area contributed by atoms with Crippen LogP contribution in [-0.4, -0.2) is 38.3 Å². The molecular formula is C23H20ClF2N5O2. The van der Waals surface area contributed by atoms with E-state index in [9.17, 15) is 14.3 Å². The van der Waals surface area contributed by atoms with Crippen molar-refractivity contribution in [1.29, 1.82) is 0 Å². The molecule has 0 aliphatic rings. The maximum Gasteiger partial charge on any atom is 0.254 e. The number of nitrogen functional groups attached to an aromatic ring is 1. The quantitative estimate of drug-likeness (QED) is 0.396. The summed E-state index contributed by atoms with van der Waals surface area (Å²) in [6.07, 6.45) is -1.69. The van der Waals surface area contributed by atoms with Gasteiger partial charge in [-0.3, -0.25) is 4.79 Å². The van der Waals surface area contributed by atoms with Crippen molar-refractivity contribution < 1.29 is 18.7 Å². The zero-order valence-electron chi connectivity index (χ0n) is 17.5. The largest absolute Gasteiger partial charge is 0.385 e. The van der Waals surface area contributed by atoms with E-state index in [0.29, 0.717) is 27.4 Å². The molecule has 0 bridgehead atoms. The lowest BCUT2D eigenvalue weighted by atomic mass is 9.98. The van der Waals surface area contributed by atoms with Crippen LogP contribution in [0.1, 0.15) is 27.6 Å². The molecule has 2 atom stereocenters. The summed E-state index contributed by atoms with van der Waals surface area (Å²) < 4.78 is 31.4. The maximum atomic E-state index is 15.4. The van der Waals surface area contributed by atoms with Crippen molar-refractivity contribution >= 4 is 29.1 Å². The number of nitrogens with two attached hydrogens (primary N) is 1. The molecule has 4 N–H and O–H groups in total. The van der Waals surface area contributed by atoms with Crippen LogP contribution in [0.15, 0.2) is 54.7 Å². The highest BCUT2D eigenvalue weighted by molar-refractivity contribution is 6.30. The summed E-state index contributed by atoms with van der Waals surface area (Å²) in [5.74, 6) is -1.46. The van der Waals surface area contributed by atoms with Gasteiger partial charge in [0.2, 0.25) is 5.95 Å². The first-order chi connectivity index (χ1) is 15.7. The Bertz CT molecular complexity index is 1330. The highest BCUT2D eigenvalue weighted by atomic mass is 35.5. The van der Waals surface area contributed by atoms with Gasteiger partial charge in [0.05, 0.1) is 12.1 Å². The number of aryl methyl sites for hydroxylation is 1. The molecule has 4 rings (SSSR count). The number of hydrogen-bond donors (Lipinski definition) is 3. The second-order valence-electron chi connectivity index (χ2n) is 7.53. The number of halogens is 3. The van der Waals surface area contributed by atoms with Gasteiger partial charge in [-0.25, -0.2) is 13.3 Å². The number of nitrogens with zero attached hydrogens (tertiary/aromatic N) is 3. The minimum atomic E-state index is -1.80. The summed E-state index contributed by atoms with van der Waals surface area (Å²) in [5, 5.41) is 17.0. The van der Waals surface area contributed by atoms with E-state index in [1.165, 1.54) is 28.8 Å². The lowest BCUT2D eigenvalue weighted by Crippen LogP contribution is -2.34. The molecule has 4 aromatic rings. The molecule has 0 aliphatic heterocycles. The topological polar surface area (TPSA) is 106 Å². The van der Waals surface area contributed by atoms with Crippen molar-refractivity contribution in [2.24, 2.45) is 0 Å². The van der Waals surface area contributed by atoms with Crippen LogP contribution >= 0.6 is 11.6 Å². The van der Waals surface area contributed by atoms with Crippen LogP contribution in [0.3, 0.4) is 0 Å². The third-order valence-electron chi connectivity index (χ3n) is 5.25. The van der Waals surface area contributed by atoms with Crippen molar-refractivity contribution in [3.63, 3.8) is 0 Å². The standard InChI is InChI=1S/C23H20ClF2N5O2/c1-12-2-7-16(14-8-9-31-18(10-14)29-23(27)30-31)20(26)19(12)22(33)28-11-17(25)21(32)13-3-5-15(24)6-4-13/h2-10,17,21,32H,11H2,1H3,(H2,27,30)(H,28,33)/t17-,21+/m1/s1. The molecule has 33 heavy (non-hydrogen) atoms. The van der Waals surface area contributed by atoms with Crippen molar-refractivity contribution in [1.82, 2.24) is 19.9 Å². The Labute approximate surface area is 192 Å². The van der Waals surface area contributed by atoms with Gasteiger partial charge in [0.25, 0.3) is 5.91 Å². The lowest BCUT2D eigenvalue weighted by Gasteiger charge is -2.18. The smallest absolute Gasteiger partial charge is 0.254 e. The third kappa shape index (κ3) is 4.64. The normalized spacial score (nSPS) is 13.1. The van der Waals surface area contributed by atoms with Gasteiger partial charge < -0.3 is 16.2 Å². The van der Waals surface area contributed by atoms with Crippen LogP contribution in [0, 0.1) is 12.7 Å². The fraction of sp³-hybridized carbons (Fsp3) is 0.174. The first kappa shape index (κ1) is 22.6. The lowest BCUT2D eigenvalue weighted by molar-refractivity contribution is 0.0714. The van der Waals surface area contributed by atoms with Crippen molar-refractivity contribution in [2.75, 3.05) is 12.3 Å². The van der Waals surface area contributed by atoms with Gasteiger partial charge in [-0.05, 0) is 47.9 Å². The van der Waals surface area contributed by atoms with E-state index in [1.54, 1.807) is 37.4 Å². The highest BCUT2D eigenvalue weighted by Crippen LogP contribution is 2.28. The number of aliphatic hydroxyl groups excluding tert-OH is 1. The Morgan fingerprint density at radius 3 is 2.70 bits per heavy atom. The van der Waals surface area contributed by atoms with Crippen LogP contribution in [0.25, 0.3) is 16.8 Å². The molecular weight excluding hydrogens is 452 g/mol. The molecule has 0 saturated carbocycles. The highest BCUT2D eigenvalue weighted by Gasteiger charge is 2.24. The van der Waals surface area contributed by atoms with E-state index in [2.05, 4.69) is 15.4 Å². The number of rotatable bonds is 6. The molecule has 0 spiro atoms. The SMILES string of the molecule is Cc1ccc(-c2ccn3nc(N)nc3c2)c(F)c1C(=O)NC[C@@H](F)[C@@H](O)c1ccc(Cl)cc1. The molecule has 0 unspecified atom stereocenters. The Kier molecular flexibility index (Phi) is 6.26. The molecule has 2 heterocycles. The Hall–Kier alpha value is -3.56. The fourth-order valence-corrected chi connectivity index (χ4v) is 3.63. The van der Waals surface area contributed by atoms with Gasteiger partial charge in [-0.1, -0.05) is 35.9 Å². The minimum absolute atomic E-state index is 0.0816. The summed E-state index contributed by atoms with van der Waals surface area (Å²) in [4.78, 5) is 16.8. The maximum absolute atomic E-state index is 15.4. The molecule has 10 heteroatoms. The van der Waals surface area contributed by atoms with Crippen LogP contribution in [0.4, 0.5) is 14.7 Å². The van der Waals surface area contributed by atoms with Gasteiger partial charge in [0, 0.05) is 16.8 Å². The molecule has 7 nitrogen and oxygen atoms in total. The number of benzene rings is 2. The molecule has 1 amide bonds. The monoisotopic (exact) mass is 471 g/mol. The van der Waals surface area contributed by atoms with Crippen LogP contribution < -0.4 is 11.1 Å². The molecule has 170 valence electrons. The van der Waals surface area contributed by atoms with Gasteiger partial charge in [-0.15, -0.1) is 5.10 Å². The van der Waals surface area contributed by atoms with Gasteiger partial charge in [-0.2, -0.15) is 4.98 Å². The van der Waals surface area contributed by atoms with E-state index in [4.69, 9.17) is 17.3 Å². The Balaban J connectivity index is 1.54. The number of carbonyl (C=O) groups is 1. The summed E-state index contributed by atoms with van der Waals surface area (Å²) in [6, 6.07) is 12.4. The number of nitrogens with one attached hydrogen (secondary N) is 1. The number of hydrogen-bond acceptors (Lipinski definition) is 5. The van der Waals surface area contributed by atoms with Crippen LogP contribution in [0.5, 0.6) is 0 Å². The van der Waals surface area contributed by atoms with E-state index < -0.39 is 30.5 Å². The third-order valence-corrected chi connectivity index (χ3v) is 5.51. The fourth-order valence-electron chi connectivity index (χ4n) is 3.50. The summed E-state index contributed by atoms with van der Waals surface area (Å²) in [5.41, 5.74) is 7.16. The number of anilines is 1. The molecule has 0 radical (unpaired) electrons. The first-order valence-electron chi connectivity index (χ1n) is 10.0. The molecule has 0 fully saturated rings. The molecule has 2 aromatic carbocycles. The van der Waals surface area contributed by atoms with E-state index in [-0.39, 0.29) is 17.1 Å². The number of fused-ring (bicyclic) bond motifs is 1.